The Labute approximate surface area is 277 Å². The number of benzene rings is 1. The van der Waals surface area contributed by atoms with Gasteiger partial charge in [0, 0.05) is 31.7 Å². The first-order valence-electron chi connectivity index (χ1n) is 16.7. The molecule has 4 bridgehead atoms. The number of likely N-dealkylation sites (N-methyl/N-ethyl adjacent to an activating group) is 1. The number of rotatable bonds is 6. The van der Waals surface area contributed by atoms with Crippen molar-refractivity contribution in [1.82, 2.24) is 19.9 Å². The van der Waals surface area contributed by atoms with Crippen LogP contribution in [0, 0.1) is 5.82 Å². The van der Waals surface area contributed by atoms with Crippen LogP contribution in [0.1, 0.15) is 50.4 Å². The molecule has 252 valence electrons. The Kier molecular flexibility index (Phi) is 7.59. The van der Waals surface area contributed by atoms with E-state index in [2.05, 4.69) is 25.4 Å². The Morgan fingerprint density at radius 2 is 1.88 bits per heavy atom. The molecule has 0 spiro atoms. The summed E-state index contributed by atoms with van der Waals surface area (Å²) in [5, 5.41) is 5.30. The maximum atomic E-state index is 15.7. The second-order valence-electron chi connectivity index (χ2n) is 13.8. The van der Waals surface area contributed by atoms with Crippen LogP contribution in [-0.4, -0.2) is 101 Å². The van der Waals surface area contributed by atoms with Crippen molar-refractivity contribution in [1.29, 1.82) is 0 Å². The minimum Gasteiger partial charge on any atom is -0.469 e. The molecule has 14 heteroatoms. The lowest BCUT2D eigenvalue weighted by Gasteiger charge is -2.33. The highest BCUT2D eigenvalue weighted by atomic mass is 19.1. The molecule has 5 aliphatic heterocycles. The number of halogens is 1. The molecular weight excluding hydrogens is 619 g/mol. The Bertz CT molecular complexity index is 1740. The van der Waals surface area contributed by atoms with Crippen LogP contribution >= 0.6 is 0 Å². The van der Waals surface area contributed by atoms with Gasteiger partial charge in [-0.1, -0.05) is 6.07 Å². The minimum absolute atomic E-state index is 0.0297. The van der Waals surface area contributed by atoms with E-state index in [-0.39, 0.29) is 47.0 Å². The van der Waals surface area contributed by atoms with Crippen molar-refractivity contribution >= 4 is 35.1 Å². The highest BCUT2D eigenvalue weighted by Gasteiger charge is 2.41. The van der Waals surface area contributed by atoms with Gasteiger partial charge in [-0.25, -0.2) is 19.2 Å². The molecule has 3 amide bonds. The second kappa shape index (κ2) is 11.8. The Morgan fingerprint density at radius 3 is 2.54 bits per heavy atom. The topological polar surface area (TPSA) is 134 Å². The molecule has 1 aromatic carbocycles. The number of hydrogen-bond acceptors (Lipinski definition) is 10. The normalized spacial score (nSPS) is 25.5. The summed E-state index contributed by atoms with van der Waals surface area (Å²) in [6, 6.07) is 7.71. The molecule has 2 N–H and O–H groups in total. The van der Waals surface area contributed by atoms with Gasteiger partial charge in [0.1, 0.15) is 22.8 Å². The number of aromatic nitrogens is 3. The number of pyridine rings is 1. The van der Waals surface area contributed by atoms with E-state index in [0.717, 1.165) is 31.6 Å². The molecule has 0 aliphatic carbocycles. The van der Waals surface area contributed by atoms with Gasteiger partial charge in [-0.3, -0.25) is 4.79 Å². The number of fused-ring (bicyclic) bond motifs is 5. The molecule has 4 fully saturated rings. The van der Waals surface area contributed by atoms with Gasteiger partial charge < -0.3 is 39.5 Å². The highest BCUT2D eigenvalue weighted by Crippen LogP contribution is 2.38. The number of carbonyl (C=O) groups is 2. The molecular formula is C34H39FN8O5. The number of hydrogen-bond donors (Lipinski definition) is 2. The lowest BCUT2D eigenvalue weighted by Crippen LogP contribution is -2.43. The van der Waals surface area contributed by atoms with Crippen LogP contribution < -0.4 is 25.2 Å². The molecule has 13 nitrogen and oxygen atoms in total. The maximum Gasteiger partial charge on any atom is 0.323 e. The standard InChI is InChI=1S/C34H39FN8O5/c1-4-41-18-34(2,3)48-30-28(31(41)44)29(39-32(40-30)42-14-22-7-8-23(15-42)47-22)19-5-9-26(25(35)11-19)38-33(45)37-20-6-10-27(36-13-20)43-16-24-12-21(43)17-46-24/h5-6,9-11,13,21-24H,4,7-8,12,14-18H2,1-3H3,(H2,37,38,45)/t21-,22?,23?,24-/m1/s1. The zero-order valence-electron chi connectivity index (χ0n) is 27.2. The highest BCUT2D eigenvalue weighted by molar-refractivity contribution is 6.03. The molecule has 0 saturated carbocycles. The summed E-state index contributed by atoms with van der Waals surface area (Å²) in [5.74, 6) is 0.445. The van der Waals surface area contributed by atoms with Crippen LogP contribution in [0.4, 0.5) is 32.3 Å². The average molecular weight is 659 g/mol. The van der Waals surface area contributed by atoms with Crippen LogP contribution in [0.5, 0.6) is 5.88 Å². The SMILES string of the molecule is CCN1CC(C)(C)Oc2nc(N3CC4CCC(C3)O4)nc(-c3ccc(NC(=O)Nc4ccc(N5C[C@H]6C[C@@H]5CO6)nc4)c(F)c3)c2C1=O. The molecule has 7 heterocycles. The molecule has 5 aliphatic rings. The van der Waals surface area contributed by atoms with Crippen LogP contribution in [-0.2, 0) is 9.47 Å². The fourth-order valence-corrected chi connectivity index (χ4v) is 7.42. The van der Waals surface area contributed by atoms with E-state index in [4.69, 9.17) is 24.2 Å². The summed E-state index contributed by atoms with van der Waals surface area (Å²) in [7, 11) is 0. The summed E-state index contributed by atoms with van der Waals surface area (Å²) < 4.78 is 33.8. The molecule has 8 rings (SSSR count). The number of anilines is 4. The second-order valence-corrected chi connectivity index (χ2v) is 13.8. The van der Waals surface area contributed by atoms with Crippen molar-refractivity contribution in [3.05, 3.63) is 47.9 Å². The smallest absolute Gasteiger partial charge is 0.323 e. The van der Waals surface area contributed by atoms with E-state index >= 15 is 4.39 Å². The van der Waals surface area contributed by atoms with Gasteiger partial charge >= 0.3 is 6.03 Å². The van der Waals surface area contributed by atoms with Crippen molar-refractivity contribution in [2.45, 2.75) is 70.0 Å². The van der Waals surface area contributed by atoms with Gasteiger partial charge in [0.2, 0.25) is 11.8 Å². The largest absolute Gasteiger partial charge is 0.469 e. The summed E-state index contributed by atoms with van der Waals surface area (Å²) in [5.41, 5.74) is 0.554. The van der Waals surface area contributed by atoms with Crippen LogP contribution in [0.3, 0.4) is 0 Å². The number of nitrogens with zero attached hydrogens (tertiary/aromatic N) is 6. The molecule has 48 heavy (non-hydrogen) atoms. The van der Waals surface area contributed by atoms with Crippen molar-refractivity contribution in [3.63, 3.8) is 0 Å². The maximum absolute atomic E-state index is 15.7. The zero-order valence-corrected chi connectivity index (χ0v) is 27.2. The first kappa shape index (κ1) is 30.8. The summed E-state index contributed by atoms with van der Waals surface area (Å²) in [6.45, 7) is 9.28. The molecule has 3 aromatic rings. The molecule has 0 radical (unpaired) electrons. The fraction of sp³-hybridized carbons (Fsp3) is 0.500. The van der Waals surface area contributed by atoms with E-state index in [9.17, 15) is 9.59 Å². The van der Waals surface area contributed by atoms with Gasteiger partial charge in [-0.05, 0) is 64.3 Å². The number of nitrogens with one attached hydrogen (secondary N) is 2. The summed E-state index contributed by atoms with van der Waals surface area (Å²) >= 11 is 0. The number of carbonyl (C=O) groups excluding carboxylic acids is 2. The molecule has 2 aromatic heterocycles. The first-order chi connectivity index (χ1) is 23.1. The first-order valence-corrected chi connectivity index (χ1v) is 16.7. The van der Waals surface area contributed by atoms with E-state index in [1.165, 1.54) is 12.1 Å². The van der Waals surface area contributed by atoms with Gasteiger partial charge in [0.15, 0.2) is 0 Å². The van der Waals surface area contributed by atoms with E-state index in [1.54, 1.807) is 23.2 Å². The Balaban J connectivity index is 1.05. The third kappa shape index (κ3) is 5.76. The van der Waals surface area contributed by atoms with Gasteiger partial charge in [-0.15, -0.1) is 0 Å². The lowest BCUT2D eigenvalue weighted by molar-refractivity contribution is 0.0297. The number of amides is 3. The third-order valence-electron chi connectivity index (χ3n) is 9.71. The van der Waals surface area contributed by atoms with E-state index in [0.29, 0.717) is 56.0 Å². The molecule has 2 unspecified atom stereocenters. The van der Waals surface area contributed by atoms with Gasteiger partial charge in [0.05, 0.1) is 60.8 Å². The lowest BCUT2D eigenvalue weighted by atomic mass is 10.0. The van der Waals surface area contributed by atoms with Crippen LogP contribution in [0.15, 0.2) is 36.5 Å². The van der Waals surface area contributed by atoms with Crippen molar-refractivity contribution < 1.29 is 28.2 Å². The van der Waals surface area contributed by atoms with E-state index in [1.807, 2.05) is 26.8 Å². The molecule has 4 saturated heterocycles. The predicted molar refractivity (Wildman–Crippen MR) is 176 cm³/mol. The average Bonchev–Trinajstić information content (AvgIpc) is 3.78. The third-order valence-corrected chi connectivity index (χ3v) is 9.71. The number of morpholine rings is 2. The number of ether oxygens (including phenoxy) is 3. The van der Waals surface area contributed by atoms with Gasteiger partial charge in [0.25, 0.3) is 5.91 Å². The Hall–Kier alpha value is -4.56. The van der Waals surface area contributed by atoms with E-state index < -0.39 is 17.4 Å². The van der Waals surface area contributed by atoms with Crippen molar-refractivity contribution in [2.24, 2.45) is 0 Å². The number of urea groups is 1. The zero-order chi connectivity index (χ0) is 33.2. The van der Waals surface area contributed by atoms with Gasteiger partial charge in [-0.2, -0.15) is 4.98 Å². The predicted octanol–water partition coefficient (Wildman–Crippen LogP) is 4.30. The van der Waals surface area contributed by atoms with Crippen molar-refractivity contribution in [3.8, 4) is 17.1 Å². The molecule has 4 atom stereocenters. The fourth-order valence-electron chi connectivity index (χ4n) is 7.42. The van der Waals surface area contributed by atoms with Crippen LogP contribution in [0.2, 0.25) is 0 Å². The summed E-state index contributed by atoms with van der Waals surface area (Å²) in [4.78, 5) is 46.9. The minimum atomic E-state index is -0.713. The van der Waals surface area contributed by atoms with Crippen LogP contribution in [0.25, 0.3) is 11.3 Å². The monoisotopic (exact) mass is 658 g/mol. The summed E-state index contributed by atoms with van der Waals surface area (Å²) in [6.07, 6.45) is 4.94. The quantitative estimate of drug-likeness (QED) is 0.395. The van der Waals surface area contributed by atoms with Crippen molar-refractivity contribution in [2.75, 3.05) is 59.8 Å². The Morgan fingerprint density at radius 1 is 1.06 bits per heavy atom.